The lowest BCUT2D eigenvalue weighted by atomic mass is 10.2. The Hall–Kier alpha value is -3.72. The van der Waals surface area contributed by atoms with Gasteiger partial charge in [-0.15, -0.1) is 0 Å². The molecule has 0 aliphatic carbocycles. The van der Waals surface area contributed by atoms with Crippen molar-refractivity contribution in [2.75, 3.05) is 26.0 Å². The van der Waals surface area contributed by atoms with Crippen molar-refractivity contribution >= 4 is 22.7 Å². The average molecular weight is 409 g/mol. The monoisotopic (exact) mass is 409 g/mol. The van der Waals surface area contributed by atoms with E-state index in [9.17, 15) is 14.0 Å². The zero-order valence-electron chi connectivity index (χ0n) is 16.5. The third kappa shape index (κ3) is 3.87. The fourth-order valence-corrected chi connectivity index (χ4v) is 3.12. The molecule has 8 nitrogen and oxygen atoms in total. The zero-order valence-corrected chi connectivity index (χ0v) is 16.5. The van der Waals surface area contributed by atoms with E-state index in [0.717, 1.165) is 0 Å². The molecule has 0 unspecified atom stereocenters. The van der Waals surface area contributed by atoms with Gasteiger partial charge in [0.1, 0.15) is 11.5 Å². The van der Waals surface area contributed by atoms with E-state index in [2.05, 4.69) is 10.3 Å². The highest BCUT2D eigenvalue weighted by molar-refractivity contribution is 6.04. The number of nitrogens with one attached hydrogen (secondary N) is 1. The van der Waals surface area contributed by atoms with Crippen LogP contribution in [0.5, 0.6) is 0 Å². The molecule has 0 aliphatic rings. The summed E-state index contributed by atoms with van der Waals surface area (Å²) in [6, 6.07) is 10.8. The van der Waals surface area contributed by atoms with Crippen LogP contribution in [-0.2, 0) is 6.54 Å². The number of likely N-dealkylation sites (N-methyl/N-ethyl adjacent to an activating group) is 1. The molecule has 4 aromatic rings. The summed E-state index contributed by atoms with van der Waals surface area (Å²) in [5.41, 5.74) is 2.47. The van der Waals surface area contributed by atoms with Crippen LogP contribution in [-0.4, -0.2) is 45.6 Å². The number of amides is 1. The van der Waals surface area contributed by atoms with E-state index in [0.29, 0.717) is 41.3 Å². The van der Waals surface area contributed by atoms with Crippen LogP contribution in [0.25, 0.3) is 16.8 Å². The second-order valence-corrected chi connectivity index (χ2v) is 7.08. The Morgan fingerprint density at radius 2 is 1.97 bits per heavy atom. The van der Waals surface area contributed by atoms with Gasteiger partial charge < -0.3 is 14.6 Å². The van der Waals surface area contributed by atoms with Crippen LogP contribution in [0.3, 0.4) is 0 Å². The molecule has 0 radical (unpaired) electrons. The Bertz CT molecular complexity index is 1250. The number of carbonyl (C=O) groups excluding carboxylic acids is 1. The number of aromatic nitrogens is 3. The lowest BCUT2D eigenvalue weighted by molar-refractivity contribution is 0.102. The van der Waals surface area contributed by atoms with Crippen LogP contribution >= 0.6 is 0 Å². The molecule has 0 atom stereocenters. The van der Waals surface area contributed by atoms with Crippen LogP contribution in [0.2, 0.25) is 0 Å². The largest absolute Gasteiger partial charge is 0.419 e. The highest BCUT2D eigenvalue weighted by atomic mass is 19.1. The van der Waals surface area contributed by atoms with Crippen molar-refractivity contribution in [3.05, 3.63) is 77.1 Å². The van der Waals surface area contributed by atoms with Gasteiger partial charge in [0.25, 0.3) is 5.91 Å². The standard InChI is InChI=1S/C21H20FN5O3/c1-25(2)9-10-26-17-11-15(5-8-19(17)30-21(26)29)24-20(28)18-12-23-13-27(18)16-6-3-14(22)4-7-16/h3-8,11-13H,9-10H2,1-2H3,(H,24,28). The fourth-order valence-electron chi connectivity index (χ4n) is 3.12. The predicted molar refractivity (Wildman–Crippen MR) is 111 cm³/mol. The number of hydrogen-bond donors (Lipinski definition) is 1. The van der Waals surface area contributed by atoms with Gasteiger partial charge in [-0.05, 0) is 56.6 Å². The van der Waals surface area contributed by atoms with Gasteiger partial charge in [-0.3, -0.25) is 13.9 Å². The smallest absolute Gasteiger partial charge is 0.408 e. The van der Waals surface area contributed by atoms with E-state index < -0.39 is 5.76 Å². The molecule has 2 heterocycles. The van der Waals surface area contributed by atoms with Crippen molar-refractivity contribution in [3.8, 4) is 5.69 Å². The minimum atomic E-state index is -0.440. The number of nitrogens with zero attached hydrogens (tertiary/aromatic N) is 4. The van der Waals surface area contributed by atoms with Crippen molar-refractivity contribution in [2.24, 2.45) is 0 Å². The summed E-state index contributed by atoms with van der Waals surface area (Å²) in [7, 11) is 3.84. The van der Waals surface area contributed by atoms with Crippen molar-refractivity contribution < 1.29 is 13.6 Å². The quantitative estimate of drug-likeness (QED) is 0.529. The minimum absolute atomic E-state index is 0.291. The minimum Gasteiger partial charge on any atom is -0.408 e. The summed E-state index contributed by atoms with van der Waals surface area (Å²) >= 11 is 0. The Labute approximate surface area is 171 Å². The molecule has 0 saturated heterocycles. The summed E-state index contributed by atoms with van der Waals surface area (Å²) in [5.74, 6) is -1.19. The molecule has 0 bridgehead atoms. The molecule has 1 N–H and O–H groups in total. The number of benzene rings is 2. The molecule has 2 aromatic carbocycles. The average Bonchev–Trinajstić information content (AvgIpc) is 3.31. The van der Waals surface area contributed by atoms with Gasteiger partial charge in [-0.1, -0.05) is 0 Å². The summed E-state index contributed by atoms with van der Waals surface area (Å²) in [6.07, 6.45) is 2.92. The first-order valence-electron chi connectivity index (χ1n) is 9.30. The maximum atomic E-state index is 13.2. The number of fused-ring (bicyclic) bond motifs is 1. The molecule has 0 spiro atoms. The summed E-state index contributed by atoms with van der Waals surface area (Å²) < 4.78 is 21.6. The van der Waals surface area contributed by atoms with Crippen LogP contribution in [0.1, 0.15) is 10.5 Å². The van der Waals surface area contributed by atoms with Gasteiger partial charge >= 0.3 is 5.76 Å². The molecular weight excluding hydrogens is 389 g/mol. The number of carbonyl (C=O) groups is 1. The third-order valence-corrected chi connectivity index (χ3v) is 4.67. The maximum Gasteiger partial charge on any atom is 0.419 e. The number of halogens is 1. The fraction of sp³-hybridized carbons (Fsp3) is 0.190. The Morgan fingerprint density at radius 3 is 2.70 bits per heavy atom. The van der Waals surface area contributed by atoms with Crippen molar-refractivity contribution in [2.45, 2.75) is 6.54 Å². The van der Waals surface area contributed by atoms with Gasteiger partial charge in [0, 0.05) is 24.5 Å². The van der Waals surface area contributed by atoms with Crippen molar-refractivity contribution in [3.63, 3.8) is 0 Å². The predicted octanol–water partition coefficient (Wildman–Crippen LogP) is 2.73. The molecule has 1 amide bonds. The van der Waals surface area contributed by atoms with E-state index in [1.54, 1.807) is 34.9 Å². The lowest BCUT2D eigenvalue weighted by Crippen LogP contribution is -2.23. The van der Waals surface area contributed by atoms with Gasteiger partial charge in [0.05, 0.1) is 18.0 Å². The molecule has 4 rings (SSSR count). The summed E-state index contributed by atoms with van der Waals surface area (Å²) in [4.78, 5) is 31.0. The Balaban J connectivity index is 1.61. The second-order valence-electron chi connectivity index (χ2n) is 7.08. The maximum absolute atomic E-state index is 13.2. The number of anilines is 1. The van der Waals surface area contributed by atoms with Gasteiger partial charge in [0.2, 0.25) is 0 Å². The van der Waals surface area contributed by atoms with Crippen molar-refractivity contribution in [1.29, 1.82) is 0 Å². The summed E-state index contributed by atoms with van der Waals surface area (Å²) in [6.45, 7) is 1.13. The van der Waals surface area contributed by atoms with Crippen LogP contribution in [0.4, 0.5) is 10.1 Å². The van der Waals surface area contributed by atoms with E-state index in [-0.39, 0.29) is 11.7 Å². The first-order chi connectivity index (χ1) is 14.4. The number of oxazole rings is 1. The number of rotatable bonds is 6. The van der Waals surface area contributed by atoms with E-state index in [4.69, 9.17) is 4.42 Å². The Morgan fingerprint density at radius 1 is 1.20 bits per heavy atom. The SMILES string of the molecule is CN(C)CCn1c(=O)oc2ccc(NC(=O)c3cncn3-c3ccc(F)cc3)cc21. The van der Waals surface area contributed by atoms with Crippen LogP contribution in [0.15, 0.2) is 64.2 Å². The summed E-state index contributed by atoms with van der Waals surface area (Å²) in [5, 5.41) is 2.82. The third-order valence-electron chi connectivity index (χ3n) is 4.67. The van der Waals surface area contributed by atoms with Gasteiger partial charge in [-0.2, -0.15) is 0 Å². The lowest BCUT2D eigenvalue weighted by Gasteiger charge is -2.11. The second kappa shape index (κ2) is 7.96. The van der Waals surface area contributed by atoms with Crippen molar-refractivity contribution in [1.82, 2.24) is 19.0 Å². The van der Waals surface area contributed by atoms with E-state index in [1.165, 1.54) is 29.2 Å². The topological polar surface area (TPSA) is 85.3 Å². The molecule has 2 aromatic heterocycles. The molecule has 0 aliphatic heterocycles. The molecule has 0 saturated carbocycles. The van der Waals surface area contributed by atoms with Gasteiger partial charge in [0.15, 0.2) is 5.58 Å². The number of imidazole rings is 1. The van der Waals surface area contributed by atoms with E-state index in [1.807, 2.05) is 19.0 Å². The normalized spacial score (nSPS) is 11.3. The molecule has 30 heavy (non-hydrogen) atoms. The first kappa shape index (κ1) is 19.6. The van der Waals surface area contributed by atoms with Crippen LogP contribution in [0, 0.1) is 5.82 Å². The Kier molecular flexibility index (Phi) is 5.20. The highest BCUT2D eigenvalue weighted by Gasteiger charge is 2.15. The molecule has 0 fully saturated rings. The van der Waals surface area contributed by atoms with E-state index >= 15 is 0 Å². The first-order valence-corrected chi connectivity index (χ1v) is 9.30. The molecule has 154 valence electrons. The highest BCUT2D eigenvalue weighted by Crippen LogP contribution is 2.20. The molecular formula is C21H20FN5O3. The number of hydrogen-bond acceptors (Lipinski definition) is 5. The molecule has 9 heteroatoms. The van der Waals surface area contributed by atoms with Gasteiger partial charge in [-0.25, -0.2) is 14.2 Å². The van der Waals surface area contributed by atoms with Crippen LogP contribution < -0.4 is 11.1 Å². The zero-order chi connectivity index (χ0) is 21.3.